The Labute approximate surface area is 139 Å². The van der Waals surface area contributed by atoms with Crippen molar-refractivity contribution >= 4 is 28.7 Å². The van der Waals surface area contributed by atoms with E-state index in [1.165, 1.54) is 6.07 Å². The predicted octanol–water partition coefficient (Wildman–Crippen LogP) is 5.28. The SMILES string of the molecule is O=C(c1ccc(-c2cccc(Cl)c2)s1)c1c(F)ccc(O)c1F. The Kier molecular flexibility index (Phi) is 4.15. The second kappa shape index (κ2) is 6.10. The van der Waals surface area contributed by atoms with Crippen LogP contribution in [-0.4, -0.2) is 10.9 Å². The third-order valence-electron chi connectivity index (χ3n) is 3.24. The topological polar surface area (TPSA) is 37.3 Å². The third kappa shape index (κ3) is 2.98. The fourth-order valence-electron chi connectivity index (χ4n) is 2.13. The van der Waals surface area contributed by atoms with Gasteiger partial charge < -0.3 is 5.11 Å². The van der Waals surface area contributed by atoms with E-state index in [9.17, 15) is 18.7 Å². The standard InChI is InChI=1S/C17H9ClF2O2S/c18-10-3-1-2-9(8-10)13-6-7-14(23-13)17(22)15-11(19)4-5-12(21)16(15)20/h1-8,21H. The summed E-state index contributed by atoms with van der Waals surface area (Å²) in [5, 5.41) is 9.88. The molecule has 0 fully saturated rings. The van der Waals surface area contributed by atoms with Crippen LogP contribution in [0.5, 0.6) is 5.75 Å². The number of hydrogen-bond donors (Lipinski definition) is 1. The molecule has 23 heavy (non-hydrogen) atoms. The van der Waals surface area contributed by atoms with Gasteiger partial charge in [0.15, 0.2) is 11.6 Å². The van der Waals surface area contributed by atoms with Gasteiger partial charge in [0, 0.05) is 9.90 Å². The van der Waals surface area contributed by atoms with Crippen molar-refractivity contribution in [2.24, 2.45) is 0 Å². The molecule has 1 N–H and O–H groups in total. The molecule has 1 aromatic heterocycles. The second-order valence-electron chi connectivity index (χ2n) is 4.76. The number of benzene rings is 2. The van der Waals surface area contributed by atoms with E-state index in [-0.39, 0.29) is 4.88 Å². The Morgan fingerprint density at radius 1 is 1.09 bits per heavy atom. The molecular formula is C17H9ClF2O2S. The first-order valence-corrected chi connectivity index (χ1v) is 7.74. The molecule has 0 aliphatic rings. The van der Waals surface area contributed by atoms with Crippen LogP contribution in [0.2, 0.25) is 5.02 Å². The van der Waals surface area contributed by atoms with Crippen molar-refractivity contribution in [2.75, 3.05) is 0 Å². The molecule has 0 saturated carbocycles. The highest BCUT2D eigenvalue weighted by molar-refractivity contribution is 7.17. The van der Waals surface area contributed by atoms with E-state index in [0.29, 0.717) is 5.02 Å². The Morgan fingerprint density at radius 2 is 1.87 bits per heavy atom. The van der Waals surface area contributed by atoms with E-state index in [4.69, 9.17) is 11.6 Å². The van der Waals surface area contributed by atoms with E-state index in [2.05, 4.69) is 0 Å². The zero-order valence-electron chi connectivity index (χ0n) is 11.5. The van der Waals surface area contributed by atoms with Gasteiger partial charge >= 0.3 is 0 Å². The number of carbonyl (C=O) groups is 1. The normalized spacial score (nSPS) is 10.7. The van der Waals surface area contributed by atoms with Gasteiger partial charge in [-0.2, -0.15) is 0 Å². The average Bonchev–Trinajstić information content (AvgIpc) is 3.01. The summed E-state index contributed by atoms with van der Waals surface area (Å²) >= 11 is 7.03. The molecule has 0 unspecified atom stereocenters. The monoisotopic (exact) mass is 350 g/mol. The number of carbonyl (C=O) groups excluding carboxylic acids is 1. The summed E-state index contributed by atoms with van der Waals surface area (Å²) < 4.78 is 27.6. The highest BCUT2D eigenvalue weighted by Gasteiger charge is 2.23. The number of thiophene rings is 1. The van der Waals surface area contributed by atoms with Gasteiger partial charge in [0.25, 0.3) is 0 Å². The molecule has 1 heterocycles. The van der Waals surface area contributed by atoms with Gasteiger partial charge in [0.05, 0.1) is 10.4 Å². The molecule has 2 aromatic carbocycles. The Morgan fingerprint density at radius 3 is 2.61 bits per heavy atom. The molecular weight excluding hydrogens is 342 g/mol. The third-order valence-corrected chi connectivity index (χ3v) is 4.60. The van der Waals surface area contributed by atoms with Crippen LogP contribution < -0.4 is 0 Å². The summed E-state index contributed by atoms with van der Waals surface area (Å²) in [6.07, 6.45) is 0. The molecule has 0 radical (unpaired) electrons. The zero-order valence-corrected chi connectivity index (χ0v) is 13.1. The molecule has 0 aliphatic heterocycles. The molecule has 0 saturated heterocycles. The number of phenols is 1. The number of ketones is 1. The van der Waals surface area contributed by atoms with Gasteiger partial charge in [-0.05, 0) is 42.0 Å². The Bertz CT molecular complexity index is 905. The van der Waals surface area contributed by atoms with Crippen LogP contribution >= 0.6 is 22.9 Å². The van der Waals surface area contributed by atoms with Crippen molar-refractivity contribution in [3.05, 3.63) is 75.6 Å². The van der Waals surface area contributed by atoms with E-state index in [1.54, 1.807) is 24.3 Å². The van der Waals surface area contributed by atoms with Crippen molar-refractivity contribution < 1.29 is 18.7 Å². The lowest BCUT2D eigenvalue weighted by molar-refractivity contribution is 0.103. The maximum Gasteiger partial charge on any atom is 0.209 e. The quantitative estimate of drug-likeness (QED) is 0.652. The summed E-state index contributed by atoms with van der Waals surface area (Å²) in [7, 11) is 0. The summed E-state index contributed by atoms with van der Waals surface area (Å²) in [4.78, 5) is 13.3. The van der Waals surface area contributed by atoms with Crippen LogP contribution in [0.1, 0.15) is 15.2 Å². The highest BCUT2D eigenvalue weighted by atomic mass is 35.5. The summed E-state index contributed by atoms with van der Waals surface area (Å²) in [6, 6.07) is 12.0. The fourth-order valence-corrected chi connectivity index (χ4v) is 3.27. The van der Waals surface area contributed by atoms with Crippen molar-refractivity contribution in [3.63, 3.8) is 0 Å². The molecule has 0 atom stereocenters. The van der Waals surface area contributed by atoms with Gasteiger partial charge in [0.2, 0.25) is 5.78 Å². The van der Waals surface area contributed by atoms with Crippen LogP contribution in [0.25, 0.3) is 10.4 Å². The number of halogens is 3. The molecule has 0 amide bonds. The van der Waals surface area contributed by atoms with Crippen LogP contribution in [-0.2, 0) is 0 Å². The van der Waals surface area contributed by atoms with Crippen LogP contribution in [0.3, 0.4) is 0 Å². The fraction of sp³-hybridized carbons (Fsp3) is 0. The van der Waals surface area contributed by atoms with Gasteiger partial charge in [-0.15, -0.1) is 11.3 Å². The number of hydrogen-bond acceptors (Lipinski definition) is 3. The lowest BCUT2D eigenvalue weighted by atomic mass is 10.1. The first kappa shape index (κ1) is 15.6. The molecule has 116 valence electrons. The number of phenolic OH excluding ortho intramolecular Hbond substituents is 1. The zero-order chi connectivity index (χ0) is 16.6. The minimum Gasteiger partial charge on any atom is -0.505 e. The molecule has 3 aromatic rings. The molecule has 0 bridgehead atoms. The summed E-state index contributed by atoms with van der Waals surface area (Å²) in [5.41, 5.74) is 0.0443. The smallest absolute Gasteiger partial charge is 0.209 e. The van der Waals surface area contributed by atoms with Crippen LogP contribution in [0, 0.1) is 11.6 Å². The minimum absolute atomic E-state index is 0.170. The first-order chi connectivity index (χ1) is 11.0. The highest BCUT2D eigenvalue weighted by Crippen LogP contribution is 2.32. The minimum atomic E-state index is -1.26. The van der Waals surface area contributed by atoms with E-state index >= 15 is 0 Å². The van der Waals surface area contributed by atoms with E-state index in [0.717, 1.165) is 33.9 Å². The van der Waals surface area contributed by atoms with Crippen LogP contribution in [0.15, 0.2) is 48.5 Å². The lowest BCUT2D eigenvalue weighted by Gasteiger charge is -2.04. The van der Waals surface area contributed by atoms with Gasteiger partial charge in [0.1, 0.15) is 5.82 Å². The molecule has 6 heteroatoms. The molecule has 0 spiro atoms. The van der Waals surface area contributed by atoms with Crippen molar-refractivity contribution in [2.45, 2.75) is 0 Å². The van der Waals surface area contributed by atoms with E-state index < -0.39 is 28.7 Å². The Hall–Kier alpha value is -2.24. The van der Waals surface area contributed by atoms with Crippen molar-refractivity contribution in [3.8, 4) is 16.2 Å². The van der Waals surface area contributed by atoms with Gasteiger partial charge in [-0.3, -0.25) is 4.79 Å². The maximum atomic E-state index is 13.9. The molecule has 0 aliphatic carbocycles. The average molecular weight is 351 g/mol. The predicted molar refractivity (Wildman–Crippen MR) is 86.2 cm³/mol. The van der Waals surface area contributed by atoms with Crippen LogP contribution in [0.4, 0.5) is 8.78 Å². The maximum absolute atomic E-state index is 13.9. The van der Waals surface area contributed by atoms with Crippen molar-refractivity contribution in [1.82, 2.24) is 0 Å². The lowest BCUT2D eigenvalue weighted by Crippen LogP contribution is -2.05. The first-order valence-electron chi connectivity index (χ1n) is 6.55. The Balaban J connectivity index is 2.01. The number of aromatic hydroxyl groups is 1. The van der Waals surface area contributed by atoms with Crippen molar-refractivity contribution in [1.29, 1.82) is 0 Å². The van der Waals surface area contributed by atoms with Gasteiger partial charge in [-0.1, -0.05) is 23.7 Å². The number of rotatable bonds is 3. The molecule has 3 rings (SSSR count). The summed E-state index contributed by atoms with van der Waals surface area (Å²) in [5.74, 6) is -3.84. The second-order valence-corrected chi connectivity index (χ2v) is 6.28. The van der Waals surface area contributed by atoms with Gasteiger partial charge in [-0.25, -0.2) is 8.78 Å². The van der Waals surface area contributed by atoms with E-state index in [1.807, 2.05) is 6.07 Å². The largest absolute Gasteiger partial charge is 0.505 e. The molecule has 2 nitrogen and oxygen atoms in total. The summed E-state index contributed by atoms with van der Waals surface area (Å²) in [6.45, 7) is 0.